The van der Waals surface area contributed by atoms with E-state index in [0.29, 0.717) is 6.04 Å². The molecule has 0 aliphatic carbocycles. The fourth-order valence-corrected chi connectivity index (χ4v) is 1.18. The average molecular weight is 217 g/mol. The molecule has 84 valence electrons. The number of nitrogens with one attached hydrogen (secondary N) is 2. The van der Waals surface area contributed by atoms with Crippen LogP contribution in [-0.4, -0.2) is 37.1 Å². The van der Waals surface area contributed by atoms with Crippen LogP contribution in [0, 0.1) is 0 Å². The van der Waals surface area contributed by atoms with Gasteiger partial charge in [0.15, 0.2) is 5.96 Å². The summed E-state index contributed by atoms with van der Waals surface area (Å²) in [6.45, 7) is 8.22. The fraction of sp³-hybridized carbons (Fsp3) is 0.900. The van der Waals surface area contributed by atoms with Crippen molar-refractivity contribution in [1.82, 2.24) is 10.6 Å². The van der Waals surface area contributed by atoms with Gasteiger partial charge in [0.25, 0.3) is 0 Å². The molecule has 0 rings (SSSR count). The summed E-state index contributed by atoms with van der Waals surface area (Å²) in [6, 6.07) is 0.488. The van der Waals surface area contributed by atoms with Gasteiger partial charge in [-0.1, -0.05) is 6.92 Å². The molecule has 0 aliphatic heterocycles. The van der Waals surface area contributed by atoms with Gasteiger partial charge in [0, 0.05) is 18.3 Å². The summed E-state index contributed by atoms with van der Waals surface area (Å²) >= 11 is 1.82. The molecular formula is C10H23N3S. The number of hydrogen-bond donors (Lipinski definition) is 2. The quantitative estimate of drug-likeness (QED) is 0.404. The third kappa shape index (κ3) is 7.06. The first-order valence-corrected chi connectivity index (χ1v) is 6.67. The molecule has 0 aromatic carbocycles. The van der Waals surface area contributed by atoms with Crippen LogP contribution < -0.4 is 10.6 Å². The van der Waals surface area contributed by atoms with Crippen LogP contribution in [0.2, 0.25) is 0 Å². The Morgan fingerprint density at radius 3 is 2.64 bits per heavy atom. The van der Waals surface area contributed by atoms with Gasteiger partial charge >= 0.3 is 0 Å². The van der Waals surface area contributed by atoms with Gasteiger partial charge < -0.3 is 10.6 Å². The molecule has 1 unspecified atom stereocenters. The molecule has 0 aromatic heterocycles. The lowest BCUT2D eigenvalue weighted by Gasteiger charge is -2.15. The molecule has 0 aromatic rings. The van der Waals surface area contributed by atoms with Crippen LogP contribution in [0.4, 0.5) is 0 Å². The maximum absolute atomic E-state index is 4.46. The van der Waals surface area contributed by atoms with Crippen molar-refractivity contribution in [3.05, 3.63) is 0 Å². The van der Waals surface area contributed by atoms with Crippen LogP contribution in [0.25, 0.3) is 0 Å². The van der Waals surface area contributed by atoms with Crippen molar-refractivity contribution < 1.29 is 0 Å². The van der Waals surface area contributed by atoms with E-state index in [1.807, 2.05) is 11.8 Å². The Kier molecular flexibility index (Phi) is 8.94. The Morgan fingerprint density at radius 1 is 1.43 bits per heavy atom. The molecule has 0 aliphatic rings. The third-order valence-corrected chi connectivity index (χ3v) is 2.50. The van der Waals surface area contributed by atoms with Gasteiger partial charge in [0.2, 0.25) is 0 Å². The van der Waals surface area contributed by atoms with E-state index < -0.39 is 0 Å². The molecule has 0 bridgehead atoms. The largest absolute Gasteiger partial charge is 0.357 e. The lowest BCUT2D eigenvalue weighted by atomic mass is 10.3. The summed E-state index contributed by atoms with van der Waals surface area (Å²) in [5.41, 5.74) is 0. The molecule has 0 heterocycles. The van der Waals surface area contributed by atoms with Crippen molar-refractivity contribution >= 4 is 17.7 Å². The molecule has 4 heteroatoms. The number of aliphatic imine (C=N–C) groups is 1. The predicted molar refractivity (Wildman–Crippen MR) is 67.2 cm³/mol. The minimum Gasteiger partial charge on any atom is -0.357 e. The molecule has 1 atom stereocenters. The Morgan fingerprint density at radius 2 is 2.14 bits per heavy atom. The molecule has 0 spiro atoms. The summed E-state index contributed by atoms with van der Waals surface area (Å²) < 4.78 is 0. The summed E-state index contributed by atoms with van der Waals surface area (Å²) in [7, 11) is 0. The highest BCUT2D eigenvalue weighted by molar-refractivity contribution is 7.98. The van der Waals surface area contributed by atoms with Crippen molar-refractivity contribution in [2.75, 3.05) is 25.1 Å². The highest BCUT2D eigenvalue weighted by Gasteiger charge is 2.01. The van der Waals surface area contributed by atoms with Gasteiger partial charge in [0.1, 0.15) is 0 Å². The number of rotatable bonds is 6. The molecule has 0 radical (unpaired) electrons. The van der Waals surface area contributed by atoms with E-state index in [-0.39, 0.29) is 0 Å². The van der Waals surface area contributed by atoms with Crippen LogP contribution in [0.5, 0.6) is 0 Å². The monoisotopic (exact) mass is 217 g/mol. The normalized spacial score (nSPS) is 13.9. The lowest BCUT2D eigenvalue weighted by molar-refractivity contribution is 0.625. The first-order valence-electron chi connectivity index (χ1n) is 5.28. The lowest BCUT2D eigenvalue weighted by Crippen LogP contribution is -2.42. The van der Waals surface area contributed by atoms with Gasteiger partial charge in [-0.3, -0.25) is 4.99 Å². The van der Waals surface area contributed by atoms with E-state index >= 15 is 0 Å². The van der Waals surface area contributed by atoms with Crippen molar-refractivity contribution in [3.63, 3.8) is 0 Å². The molecule has 3 nitrogen and oxygen atoms in total. The van der Waals surface area contributed by atoms with Crippen molar-refractivity contribution in [3.8, 4) is 0 Å². The summed E-state index contributed by atoms with van der Waals surface area (Å²) in [5.74, 6) is 2.02. The Balaban J connectivity index is 3.92. The zero-order valence-electron chi connectivity index (χ0n) is 9.76. The molecule has 0 amide bonds. The second-order valence-electron chi connectivity index (χ2n) is 3.21. The van der Waals surface area contributed by atoms with Gasteiger partial charge in [-0.15, -0.1) is 0 Å². The Bertz CT molecular complexity index is 159. The Labute approximate surface area is 92.1 Å². The zero-order valence-corrected chi connectivity index (χ0v) is 10.6. The molecule has 2 N–H and O–H groups in total. The van der Waals surface area contributed by atoms with Crippen LogP contribution in [0.1, 0.15) is 27.2 Å². The maximum Gasteiger partial charge on any atom is 0.191 e. The van der Waals surface area contributed by atoms with Crippen LogP contribution in [0.15, 0.2) is 4.99 Å². The van der Waals surface area contributed by atoms with E-state index in [4.69, 9.17) is 0 Å². The van der Waals surface area contributed by atoms with Crippen LogP contribution in [-0.2, 0) is 0 Å². The second-order valence-corrected chi connectivity index (χ2v) is 4.19. The minimum absolute atomic E-state index is 0.488. The van der Waals surface area contributed by atoms with Crippen LogP contribution in [0.3, 0.4) is 0 Å². The topological polar surface area (TPSA) is 36.4 Å². The first-order chi connectivity index (χ1) is 6.74. The van der Waals surface area contributed by atoms with E-state index in [9.17, 15) is 0 Å². The van der Waals surface area contributed by atoms with Gasteiger partial charge in [-0.25, -0.2) is 0 Å². The Hall–Kier alpha value is -0.380. The number of guanidine groups is 1. The first kappa shape index (κ1) is 13.6. The van der Waals surface area contributed by atoms with Gasteiger partial charge in [0.05, 0.1) is 6.54 Å². The molecular weight excluding hydrogens is 194 g/mol. The highest BCUT2D eigenvalue weighted by Crippen LogP contribution is 1.91. The number of hydrogen-bond acceptors (Lipinski definition) is 2. The maximum atomic E-state index is 4.46. The second kappa shape index (κ2) is 9.19. The summed E-state index contributed by atoms with van der Waals surface area (Å²) in [6.07, 6.45) is 3.22. The molecule has 14 heavy (non-hydrogen) atoms. The van der Waals surface area contributed by atoms with E-state index in [2.05, 4.69) is 42.7 Å². The third-order valence-electron chi connectivity index (χ3n) is 1.91. The minimum atomic E-state index is 0.488. The smallest absolute Gasteiger partial charge is 0.191 e. The van der Waals surface area contributed by atoms with Crippen molar-refractivity contribution in [1.29, 1.82) is 0 Å². The van der Waals surface area contributed by atoms with Crippen molar-refractivity contribution in [2.24, 2.45) is 4.99 Å². The van der Waals surface area contributed by atoms with Gasteiger partial charge in [-0.05, 0) is 26.5 Å². The van der Waals surface area contributed by atoms with E-state index in [1.165, 1.54) is 0 Å². The molecule has 0 saturated heterocycles. The molecule has 0 fully saturated rings. The zero-order chi connectivity index (χ0) is 10.8. The SMILES string of the molecule is CCNC(=NCCSC)NC(C)CC. The van der Waals surface area contributed by atoms with Gasteiger partial charge in [-0.2, -0.15) is 11.8 Å². The van der Waals surface area contributed by atoms with E-state index in [0.717, 1.165) is 31.2 Å². The highest BCUT2D eigenvalue weighted by atomic mass is 32.2. The van der Waals surface area contributed by atoms with E-state index in [1.54, 1.807) is 0 Å². The fourth-order valence-electron chi connectivity index (χ4n) is 0.904. The molecule has 0 saturated carbocycles. The number of thioether (sulfide) groups is 1. The average Bonchev–Trinajstić information content (AvgIpc) is 2.18. The summed E-state index contributed by atoms with van der Waals surface area (Å²) in [4.78, 5) is 4.46. The van der Waals surface area contributed by atoms with Crippen LogP contribution >= 0.6 is 11.8 Å². The summed E-state index contributed by atoms with van der Waals surface area (Å²) in [5, 5.41) is 6.59. The standard InChI is InChI=1S/C10H23N3S/c1-5-9(3)13-10(11-6-2)12-7-8-14-4/h9H,5-8H2,1-4H3,(H2,11,12,13). The predicted octanol–water partition coefficient (Wildman–Crippen LogP) is 1.70. The number of nitrogens with zero attached hydrogens (tertiary/aromatic N) is 1. The van der Waals surface area contributed by atoms with Crippen molar-refractivity contribution in [2.45, 2.75) is 33.2 Å².